The second-order valence-corrected chi connectivity index (χ2v) is 4.37. The largest absolute Gasteiger partial charge is 0.319 e. The van der Waals surface area contributed by atoms with Crippen LogP contribution in [0.3, 0.4) is 0 Å². The first-order valence-corrected chi connectivity index (χ1v) is 5.80. The van der Waals surface area contributed by atoms with Crippen LogP contribution in [0.1, 0.15) is 10.4 Å². The van der Waals surface area contributed by atoms with Gasteiger partial charge in [-0.1, -0.05) is 23.2 Å². The number of aromatic nitrogens is 1. The topological polar surface area (TPSA) is 42.0 Å². The molecule has 1 N–H and O–H groups in total. The van der Waals surface area contributed by atoms with Crippen LogP contribution >= 0.6 is 23.2 Å². The smallest absolute Gasteiger partial charge is 0.258 e. The Morgan fingerprint density at radius 2 is 1.84 bits per heavy atom. The molecule has 3 nitrogen and oxygen atoms in total. The summed E-state index contributed by atoms with van der Waals surface area (Å²) in [5.74, 6) is -2.17. The van der Waals surface area contributed by atoms with E-state index in [0.29, 0.717) is 0 Å². The molecule has 0 aliphatic carbocycles. The van der Waals surface area contributed by atoms with Crippen molar-refractivity contribution in [1.82, 2.24) is 4.98 Å². The number of carbonyl (C=O) groups excluding carboxylic acids is 1. The van der Waals surface area contributed by atoms with Crippen molar-refractivity contribution in [1.29, 1.82) is 0 Å². The van der Waals surface area contributed by atoms with Crippen LogP contribution in [0.5, 0.6) is 0 Å². The van der Waals surface area contributed by atoms with Gasteiger partial charge in [0.2, 0.25) is 0 Å². The molecule has 0 bridgehead atoms. The first-order chi connectivity index (χ1) is 8.99. The Morgan fingerprint density at radius 3 is 2.42 bits per heavy atom. The van der Waals surface area contributed by atoms with Crippen molar-refractivity contribution in [2.45, 2.75) is 0 Å². The highest BCUT2D eigenvalue weighted by atomic mass is 35.5. The minimum atomic E-state index is -0.783. The molecule has 19 heavy (non-hydrogen) atoms. The van der Waals surface area contributed by atoms with Gasteiger partial charge >= 0.3 is 0 Å². The molecule has 1 heterocycles. The molecule has 7 heteroatoms. The van der Waals surface area contributed by atoms with Gasteiger partial charge in [0.15, 0.2) is 5.82 Å². The van der Waals surface area contributed by atoms with Crippen LogP contribution in [0.15, 0.2) is 30.6 Å². The van der Waals surface area contributed by atoms with Crippen molar-refractivity contribution in [3.05, 3.63) is 57.8 Å². The number of nitrogens with zero attached hydrogens (tertiary/aromatic N) is 1. The van der Waals surface area contributed by atoms with Gasteiger partial charge in [-0.2, -0.15) is 0 Å². The quantitative estimate of drug-likeness (QED) is 0.913. The highest BCUT2D eigenvalue weighted by Crippen LogP contribution is 2.31. The zero-order chi connectivity index (χ0) is 14.0. The molecule has 0 saturated heterocycles. The normalized spacial score (nSPS) is 10.3. The first kappa shape index (κ1) is 13.7. The summed E-state index contributed by atoms with van der Waals surface area (Å²) in [6, 6.07) is 3.19. The first-order valence-electron chi connectivity index (χ1n) is 5.04. The lowest BCUT2D eigenvalue weighted by Crippen LogP contribution is -2.14. The third kappa shape index (κ3) is 3.00. The maximum absolute atomic E-state index is 13.4. The zero-order valence-electron chi connectivity index (χ0n) is 9.25. The average Bonchev–Trinajstić information content (AvgIpc) is 2.34. The fraction of sp³-hybridized carbons (Fsp3) is 0. The van der Waals surface area contributed by atoms with Gasteiger partial charge < -0.3 is 5.32 Å². The summed E-state index contributed by atoms with van der Waals surface area (Å²) < 4.78 is 26.3. The molecule has 0 radical (unpaired) electrons. The van der Waals surface area contributed by atoms with E-state index in [1.165, 1.54) is 12.3 Å². The average molecular weight is 303 g/mol. The number of pyridine rings is 1. The fourth-order valence-corrected chi connectivity index (χ4v) is 1.96. The van der Waals surface area contributed by atoms with Gasteiger partial charge in [-0.3, -0.25) is 9.78 Å². The molecule has 0 spiro atoms. The number of nitrogens with one attached hydrogen (secondary N) is 1. The maximum Gasteiger partial charge on any atom is 0.258 e. The van der Waals surface area contributed by atoms with Crippen molar-refractivity contribution < 1.29 is 13.6 Å². The molecule has 1 amide bonds. The third-order valence-electron chi connectivity index (χ3n) is 2.26. The van der Waals surface area contributed by atoms with Crippen molar-refractivity contribution >= 4 is 34.8 Å². The van der Waals surface area contributed by atoms with Gasteiger partial charge in [-0.15, -0.1) is 0 Å². The standard InChI is InChI=1S/C12H6Cl2F2N2O/c13-8-3-6(15)4-9(14)11(8)18-12(19)7-1-2-17-5-10(7)16/h1-5H,(H,18,19). The van der Waals surface area contributed by atoms with Gasteiger partial charge in [-0.25, -0.2) is 8.78 Å². The monoisotopic (exact) mass is 302 g/mol. The Bertz CT molecular complexity index is 626. The molecule has 2 aromatic rings. The van der Waals surface area contributed by atoms with E-state index in [9.17, 15) is 13.6 Å². The van der Waals surface area contributed by atoms with Crippen molar-refractivity contribution in [2.75, 3.05) is 5.32 Å². The number of anilines is 1. The van der Waals surface area contributed by atoms with Crippen LogP contribution in [0.25, 0.3) is 0 Å². The summed E-state index contributed by atoms with van der Waals surface area (Å²) in [4.78, 5) is 15.4. The van der Waals surface area contributed by atoms with Crippen LogP contribution in [0.4, 0.5) is 14.5 Å². The van der Waals surface area contributed by atoms with Crippen LogP contribution in [-0.2, 0) is 0 Å². The molecule has 0 fully saturated rings. The Hall–Kier alpha value is -1.72. The van der Waals surface area contributed by atoms with Crippen LogP contribution in [-0.4, -0.2) is 10.9 Å². The molecule has 0 aliphatic heterocycles. The fourth-order valence-electron chi connectivity index (χ4n) is 1.40. The Morgan fingerprint density at radius 1 is 1.21 bits per heavy atom. The van der Waals surface area contributed by atoms with E-state index < -0.39 is 17.5 Å². The molecule has 1 aromatic heterocycles. The molecule has 1 aromatic carbocycles. The number of hydrogen-bond donors (Lipinski definition) is 1. The zero-order valence-corrected chi connectivity index (χ0v) is 10.8. The van der Waals surface area contributed by atoms with E-state index >= 15 is 0 Å². The predicted molar refractivity (Wildman–Crippen MR) is 68.6 cm³/mol. The number of rotatable bonds is 2. The lowest BCUT2D eigenvalue weighted by atomic mass is 10.2. The van der Waals surface area contributed by atoms with Crippen LogP contribution in [0.2, 0.25) is 10.0 Å². The SMILES string of the molecule is O=C(Nc1c(Cl)cc(F)cc1Cl)c1ccncc1F. The predicted octanol–water partition coefficient (Wildman–Crippen LogP) is 3.92. The molecule has 0 saturated carbocycles. The number of benzene rings is 1. The Labute approximate surface area is 117 Å². The van der Waals surface area contributed by atoms with Crippen molar-refractivity contribution in [3.8, 4) is 0 Å². The van der Waals surface area contributed by atoms with Gasteiger partial charge in [0.25, 0.3) is 5.91 Å². The van der Waals surface area contributed by atoms with Gasteiger partial charge in [0.1, 0.15) is 5.82 Å². The summed E-state index contributed by atoms with van der Waals surface area (Å²) in [5.41, 5.74) is -0.197. The number of carbonyl (C=O) groups is 1. The van der Waals surface area contributed by atoms with E-state index in [-0.39, 0.29) is 21.3 Å². The van der Waals surface area contributed by atoms with E-state index in [0.717, 1.165) is 18.3 Å². The second-order valence-electron chi connectivity index (χ2n) is 3.55. The summed E-state index contributed by atoms with van der Waals surface area (Å²) in [5, 5.41) is 2.17. The summed E-state index contributed by atoms with van der Waals surface area (Å²) in [6.45, 7) is 0. The Kier molecular flexibility index (Phi) is 3.97. The number of hydrogen-bond acceptors (Lipinski definition) is 2. The van der Waals surface area contributed by atoms with Crippen LogP contribution < -0.4 is 5.32 Å². The molecule has 0 atom stereocenters. The van der Waals surface area contributed by atoms with Crippen molar-refractivity contribution in [2.24, 2.45) is 0 Å². The maximum atomic E-state index is 13.4. The van der Waals surface area contributed by atoms with E-state index in [1.807, 2.05) is 0 Å². The van der Waals surface area contributed by atoms with Gasteiger partial charge in [0.05, 0.1) is 27.5 Å². The molecular formula is C12H6Cl2F2N2O. The minimum Gasteiger partial charge on any atom is -0.319 e. The molecular weight excluding hydrogens is 297 g/mol. The number of amides is 1. The highest BCUT2D eigenvalue weighted by molar-refractivity contribution is 6.40. The van der Waals surface area contributed by atoms with E-state index in [4.69, 9.17) is 23.2 Å². The van der Waals surface area contributed by atoms with Crippen LogP contribution in [0, 0.1) is 11.6 Å². The molecule has 2 rings (SSSR count). The Balaban J connectivity index is 2.32. The molecule has 0 aliphatic rings. The summed E-state index contributed by atoms with van der Waals surface area (Å²) in [7, 11) is 0. The number of halogens is 4. The lowest BCUT2D eigenvalue weighted by Gasteiger charge is -2.09. The van der Waals surface area contributed by atoms with Gasteiger partial charge in [0, 0.05) is 6.20 Å². The van der Waals surface area contributed by atoms with Crippen molar-refractivity contribution in [3.63, 3.8) is 0 Å². The second kappa shape index (κ2) is 5.50. The van der Waals surface area contributed by atoms with E-state index in [2.05, 4.69) is 10.3 Å². The third-order valence-corrected chi connectivity index (χ3v) is 2.86. The van der Waals surface area contributed by atoms with E-state index in [1.54, 1.807) is 0 Å². The molecule has 0 unspecified atom stereocenters. The molecule has 98 valence electrons. The van der Waals surface area contributed by atoms with Gasteiger partial charge in [-0.05, 0) is 18.2 Å². The minimum absolute atomic E-state index is 0.0194. The lowest BCUT2D eigenvalue weighted by molar-refractivity contribution is 0.102. The highest BCUT2D eigenvalue weighted by Gasteiger charge is 2.15. The summed E-state index contributed by atoms with van der Waals surface area (Å²) >= 11 is 11.5. The summed E-state index contributed by atoms with van der Waals surface area (Å²) in [6.07, 6.45) is 2.18.